The van der Waals surface area contributed by atoms with E-state index in [-0.39, 0.29) is 5.75 Å². The number of esters is 1. The second-order valence-corrected chi connectivity index (χ2v) is 7.28. The van der Waals surface area contributed by atoms with Gasteiger partial charge < -0.3 is 14.2 Å². The topological polar surface area (TPSA) is 86.2 Å². The van der Waals surface area contributed by atoms with Gasteiger partial charge in [-0.25, -0.2) is 10.2 Å². The molecule has 0 saturated heterocycles. The number of ether oxygens (including phenoxy) is 3. The largest absolute Gasteiger partial charge is 0.490 e. The van der Waals surface area contributed by atoms with E-state index in [1.807, 2.05) is 13.0 Å². The maximum Gasteiger partial charge on any atom is 0.343 e. The Balaban J connectivity index is 1.62. The van der Waals surface area contributed by atoms with Crippen molar-refractivity contribution < 1.29 is 23.8 Å². The Morgan fingerprint density at radius 2 is 1.82 bits per heavy atom. The van der Waals surface area contributed by atoms with E-state index in [9.17, 15) is 9.59 Å². The normalized spacial score (nSPS) is 11.6. The van der Waals surface area contributed by atoms with Crippen LogP contribution >= 0.6 is 11.6 Å². The number of halogens is 1. The van der Waals surface area contributed by atoms with E-state index in [0.717, 1.165) is 0 Å². The summed E-state index contributed by atoms with van der Waals surface area (Å²) in [5, 5.41) is 4.48. The molecular weight excluding hydrogens is 444 g/mol. The number of carbonyl (C=O) groups is 2. The van der Waals surface area contributed by atoms with Crippen molar-refractivity contribution in [3.63, 3.8) is 0 Å². The lowest BCUT2D eigenvalue weighted by atomic mass is 10.2. The van der Waals surface area contributed by atoms with Gasteiger partial charge >= 0.3 is 5.97 Å². The molecule has 1 amide bonds. The molecular formula is C25H23ClN2O5. The molecule has 0 fully saturated rings. The lowest BCUT2D eigenvalue weighted by Crippen LogP contribution is -2.33. The molecule has 0 heterocycles. The van der Waals surface area contributed by atoms with Crippen molar-refractivity contribution in [1.82, 2.24) is 5.43 Å². The van der Waals surface area contributed by atoms with Crippen LogP contribution in [0, 0.1) is 0 Å². The molecule has 1 atom stereocenters. The Labute approximate surface area is 196 Å². The van der Waals surface area contributed by atoms with Crippen LogP contribution in [0.25, 0.3) is 0 Å². The van der Waals surface area contributed by atoms with Crippen LogP contribution < -0.4 is 19.6 Å². The molecule has 0 saturated carbocycles. The molecule has 0 bridgehead atoms. The molecule has 1 N–H and O–H groups in total. The van der Waals surface area contributed by atoms with Gasteiger partial charge in [0.05, 0.1) is 18.4 Å². The third kappa shape index (κ3) is 7.08. The molecule has 1 unspecified atom stereocenters. The third-order valence-corrected chi connectivity index (χ3v) is 4.58. The van der Waals surface area contributed by atoms with Crippen LogP contribution in [0.5, 0.6) is 17.2 Å². The summed E-state index contributed by atoms with van der Waals surface area (Å²) < 4.78 is 16.6. The molecule has 0 aliphatic carbocycles. The number of carbonyl (C=O) groups excluding carboxylic acids is 2. The van der Waals surface area contributed by atoms with Gasteiger partial charge in [-0.3, -0.25) is 4.79 Å². The summed E-state index contributed by atoms with van der Waals surface area (Å²) in [6, 6.07) is 20.4. The molecule has 0 aromatic heterocycles. The molecule has 8 heteroatoms. The zero-order valence-electron chi connectivity index (χ0n) is 18.2. The fourth-order valence-electron chi connectivity index (χ4n) is 2.75. The highest BCUT2D eigenvalue weighted by Gasteiger charge is 2.15. The van der Waals surface area contributed by atoms with Crippen molar-refractivity contribution in [3.05, 3.63) is 88.9 Å². The molecule has 0 aliphatic heterocycles. The Morgan fingerprint density at radius 1 is 1.03 bits per heavy atom. The van der Waals surface area contributed by atoms with Crippen LogP contribution in [0.4, 0.5) is 0 Å². The van der Waals surface area contributed by atoms with Crippen molar-refractivity contribution in [2.45, 2.75) is 20.0 Å². The van der Waals surface area contributed by atoms with Gasteiger partial charge in [0.2, 0.25) is 0 Å². The molecule has 3 rings (SSSR count). The molecule has 7 nitrogen and oxygen atoms in total. The summed E-state index contributed by atoms with van der Waals surface area (Å²) in [6.45, 7) is 3.81. The fraction of sp³-hybridized carbons (Fsp3) is 0.160. The number of nitrogens with one attached hydrogen (secondary N) is 1. The standard InChI is InChI=1S/C25H23ClN2O5/c1-3-31-23-14-18(12-13-22(23)33-25(30)19-8-5-4-6-9-19)16-27-28-24(29)17(2)32-21-11-7-10-20(26)15-21/h4-17H,3H2,1-2H3,(H,28,29)/b27-16+. The molecule has 170 valence electrons. The fourth-order valence-corrected chi connectivity index (χ4v) is 2.93. The number of hydrazone groups is 1. The predicted molar refractivity (Wildman–Crippen MR) is 126 cm³/mol. The summed E-state index contributed by atoms with van der Waals surface area (Å²) in [4.78, 5) is 24.6. The molecule has 0 radical (unpaired) electrons. The Kier molecular flexibility index (Phi) is 8.43. The molecule has 0 aliphatic rings. The van der Waals surface area contributed by atoms with E-state index in [1.165, 1.54) is 6.21 Å². The zero-order valence-corrected chi connectivity index (χ0v) is 18.9. The van der Waals surface area contributed by atoms with Crippen LogP contribution in [0.1, 0.15) is 29.8 Å². The minimum Gasteiger partial charge on any atom is -0.490 e. The molecule has 0 spiro atoms. The van der Waals surface area contributed by atoms with Crippen LogP contribution in [0.3, 0.4) is 0 Å². The lowest BCUT2D eigenvalue weighted by Gasteiger charge is -2.13. The van der Waals surface area contributed by atoms with Crippen molar-refractivity contribution in [1.29, 1.82) is 0 Å². The minimum absolute atomic E-state index is 0.287. The number of nitrogens with zero attached hydrogens (tertiary/aromatic N) is 1. The van der Waals surface area contributed by atoms with E-state index in [4.69, 9.17) is 25.8 Å². The van der Waals surface area contributed by atoms with Crippen LogP contribution in [0.15, 0.2) is 77.9 Å². The number of amides is 1. The van der Waals surface area contributed by atoms with Crippen LogP contribution in [-0.4, -0.2) is 30.8 Å². The van der Waals surface area contributed by atoms with Gasteiger partial charge in [0.15, 0.2) is 17.6 Å². The molecule has 33 heavy (non-hydrogen) atoms. The molecule has 3 aromatic rings. The van der Waals surface area contributed by atoms with E-state index >= 15 is 0 Å². The van der Waals surface area contributed by atoms with Gasteiger partial charge in [-0.1, -0.05) is 35.9 Å². The first-order valence-corrected chi connectivity index (χ1v) is 10.6. The first-order valence-electron chi connectivity index (χ1n) is 10.3. The van der Waals surface area contributed by atoms with E-state index in [1.54, 1.807) is 73.7 Å². The highest BCUT2D eigenvalue weighted by molar-refractivity contribution is 6.30. The zero-order chi connectivity index (χ0) is 23.6. The van der Waals surface area contributed by atoms with Crippen molar-refractivity contribution in [2.75, 3.05) is 6.61 Å². The van der Waals surface area contributed by atoms with Crippen LogP contribution in [-0.2, 0) is 4.79 Å². The number of rotatable bonds is 9. The van der Waals surface area contributed by atoms with Crippen molar-refractivity contribution >= 4 is 29.7 Å². The summed E-state index contributed by atoms with van der Waals surface area (Å²) in [7, 11) is 0. The first kappa shape index (κ1) is 23.8. The second-order valence-electron chi connectivity index (χ2n) is 6.85. The minimum atomic E-state index is -0.778. The summed E-state index contributed by atoms with van der Waals surface area (Å²) in [5.41, 5.74) is 3.51. The quantitative estimate of drug-likeness (QED) is 0.210. The number of hydrogen-bond donors (Lipinski definition) is 1. The third-order valence-electron chi connectivity index (χ3n) is 4.35. The maximum atomic E-state index is 12.3. The smallest absolute Gasteiger partial charge is 0.343 e. The van der Waals surface area contributed by atoms with E-state index in [0.29, 0.717) is 34.3 Å². The monoisotopic (exact) mass is 466 g/mol. The van der Waals surface area contributed by atoms with Gasteiger partial charge in [0.1, 0.15) is 5.75 Å². The van der Waals surface area contributed by atoms with Gasteiger partial charge in [0, 0.05) is 5.02 Å². The first-order chi connectivity index (χ1) is 16.0. The Bertz CT molecular complexity index is 1130. The van der Waals surface area contributed by atoms with Gasteiger partial charge in [-0.05, 0) is 67.9 Å². The second kappa shape index (κ2) is 11.7. The van der Waals surface area contributed by atoms with Gasteiger partial charge in [-0.2, -0.15) is 5.10 Å². The summed E-state index contributed by atoms with van der Waals surface area (Å²) in [5.74, 6) is 0.241. The van der Waals surface area contributed by atoms with Gasteiger partial charge in [-0.15, -0.1) is 0 Å². The average Bonchev–Trinajstić information content (AvgIpc) is 2.81. The Morgan fingerprint density at radius 3 is 2.55 bits per heavy atom. The number of benzene rings is 3. The maximum absolute atomic E-state index is 12.3. The predicted octanol–water partition coefficient (Wildman–Crippen LogP) is 4.88. The van der Waals surface area contributed by atoms with Gasteiger partial charge in [0.25, 0.3) is 5.91 Å². The Hall–Kier alpha value is -3.84. The van der Waals surface area contributed by atoms with Crippen molar-refractivity contribution in [2.24, 2.45) is 5.10 Å². The SMILES string of the molecule is CCOc1cc(/C=N/NC(=O)C(C)Oc2cccc(Cl)c2)ccc1OC(=O)c1ccccc1. The molecule has 3 aromatic carbocycles. The summed E-state index contributed by atoms with van der Waals surface area (Å²) in [6.07, 6.45) is 0.675. The number of hydrogen-bond acceptors (Lipinski definition) is 6. The average molecular weight is 467 g/mol. The highest BCUT2D eigenvalue weighted by atomic mass is 35.5. The van der Waals surface area contributed by atoms with E-state index in [2.05, 4.69) is 10.5 Å². The lowest BCUT2D eigenvalue weighted by molar-refractivity contribution is -0.127. The highest BCUT2D eigenvalue weighted by Crippen LogP contribution is 2.29. The van der Waals surface area contributed by atoms with Crippen LogP contribution in [0.2, 0.25) is 5.02 Å². The van der Waals surface area contributed by atoms with E-state index < -0.39 is 18.0 Å². The summed E-state index contributed by atoms with van der Waals surface area (Å²) >= 11 is 5.92. The van der Waals surface area contributed by atoms with Crippen molar-refractivity contribution in [3.8, 4) is 17.2 Å².